The Morgan fingerprint density at radius 2 is 1.82 bits per heavy atom. The zero-order valence-electron chi connectivity index (χ0n) is 9.90. The molecule has 1 aromatic rings. The van der Waals surface area contributed by atoms with Crippen molar-refractivity contribution in [1.82, 2.24) is 4.90 Å². The Bertz CT molecular complexity index is 437. The number of aryl methyl sites for hydroxylation is 1. The Hall–Kier alpha value is -1.84. The van der Waals surface area contributed by atoms with Crippen LogP contribution in [0, 0.1) is 6.92 Å². The fraction of sp³-hybridized carbons (Fsp3) is 0.385. The van der Waals surface area contributed by atoms with Gasteiger partial charge in [0, 0.05) is 18.8 Å². The second-order valence-corrected chi connectivity index (χ2v) is 4.27. The highest BCUT2D eigenvalue weighted by atomic mass is 16.2. The summed E-state index contributed by atoms with van der Waals surface area (Å²) < 4.78 is 0. The van der Waals surface area contributed by atoms with Crippen molar-refractivity contribution >= 4 is 17.5 Å². The predicted octanol–water partition coefficient (Wildman–Crippen LogP) is 1.56. The van der Waals surface area contributed by atoms with E-state index in [0.717, 1.165) is 18.4 Å². The summed E-state index contributed by atoms with van der Waals surface area (Å²) in [7, 11) is 0. The molecule has 1 saturated heterocycles. The van der Waals surface area contributed by atoms with Crippen LogP contribution in [0.15, 0.2) is 24.3 Å². The standard InChI is InChI=1S/C13H16N2O2/c1-10-6-2-3-7-11(10)14-12(16)13(17)15-8-4-5-9-15/h2-3,6-7H,4-5,8-9H2,1H3,(H,14,16). The number of benzene rings is 1. The second-order valence-electron chi connectivity index (χ2n) is 4.27. The van der Waals surface area contributed by atoms with Crippen LogP contribution in [-0.4, -0.2) is 29.8 Å². The highest BCUT2D eigenvalue weighted by Crippen LogP contribution is 2.14. The summed E-state index contributed by atoms with van der Waals surface area (Å²) in [6.07, 6.45) is 1.98. The first-order chi connectivity index (χ1) is 8.18. The van der Waals surface area contributed by atoms with Crippen molar-refractivity contribution in [3.63, 3.8) is 0 Å². The Balaban J connectivity index is 2.01. The number of nitrogens with one attached hydrogen (secondary N) is 1. The molecule has 4 heteroatoms. The van der Waals surface area contributed by atoms with Gasteiger partial charge >= 0.3 is 11.8 Å². The minimum atomic E-state index is -0.541. The van der Waals surface area contributed by atoms with Crippen molar-refractivity contribution in [2.45, 2.75) is 19.8 Å². The molecule has 1 N–H and O–H groups in total. The van der Waals surface area contributed by atoms with Gasteiger partial charge in [-0.3, -0.25) is 9.59 Å². The molecule has 0 unspecified atom stereocenters. The molecule has 0 atom stereocenters. The van der Waals surface area contributed by atoms with Gasteiger partial charge in [-0.15, -0.1) is 0 Å². The van der Waals surface area contributed by atoms with E-state index in [4.69, 9.17) is 0 Å². The van der Waals surface area contributed by atoms with Crippen LogP contribution >= 0.6 is 0 Å². The summed E-state index contributed by atoms with van der Waals surface area (Å²) in [5.41, 5.74) is 1.65. The van der Waals surface area contributed by atoms with Gasteiger partial charge in [-0.2, -0.15) is 0 Å². The van der Waals surface area contributed by atoms with E-state index in [1.54, 1.807) is 11.0 Å². The van der Waals surface area contributed by atoms with Gasteiger partial charge in [-0.1, -0.05) is 18.2 Å². The normalized spacial score (nSPS) is 14.8. The number of carbonyl (C=O) groups is 2. The summed E-state index contributed by atoms with van der Waals surface area (Å²) in [6.45, 7) is 3.29. The number of nitrogens with zero attached hydrogens (tertiary/aromatic N) is 1. The van der Waals surface area contributed by atoms with E-state index in [-0.39, 0.29) is 0 Å². The highest BCUT2D eigenvalue weighted by Gasteiger charge is 2.24. The highest BCUT2D eigenvalue weighted by molar-refractivity contribution is 6.39. The zero-order chi connectivity index (χ0) is 12.3. The monoisotopic (exact) mass is 232 g/mol. The number of amides is 2. The average Bonchev–Trinajstić information content (AvgIpc) is 2.84. The van der Waals surface area contributed by atoms with Gasteiger partial charge in [-0.25, -0.2) is 0 Å². The Labute approximate surface area is 101 Å². The fourth-order valence-electron chi connectivity index (χ4n) is 1.95. The molecule has 1 heterocycles. The van der Waals surface area contributed by atoms with E-state index in [9.17, 15) is 9.59 Å². The minimum absolute atomic E-state index is 0.425. The van der Waals surface area contributed by atoms with E-state index >= 15 is 0 Å². The summed E-state index contributed by atoms with van der Waals surface area (Å²) >= 11 is 0. The van der Waals surface area contributed by atoms with Gasteiger partial charge in [0.2, 0.25) is 0 Å². The van der Waals surface area contributed by atoms with Gasteiger partial charge in [0.15, 0.2) is 0 Å². The average molecular weight is 232 g/mol. The van der Waals surface area contributed by atoms with Crippen molar-refractivity contribution < 1.29 is 9.59 Å². The van der Waals surface area contributed by atoms with Crippen LogP contribution in [0.4, 0.5) is 5.69 Å². The van der Waals surface area contributed by atoms with Gasteiger partial charge in [0.25, 0.3) is 0 Å². The predicted molar refractivity (Wildman–Crippen MR) is 65.6 cm³/mol. The Morgan fingerprint density at radius 3 is 2.47 bits per heavy atom. The molecular formula is C13H16N2O2. The van der Waals surface area contributed by atoms with Crippen molar-refractivity contribution in [1.29, 1.82) is 0 Å². The number of likely N-dealkylation sites (tertiary alicyclic amines) is 1. The molecule has 4 nitrogen and oxygen atoms in total. The molecule has 0 saturated carbocycles. The fourth-order valence-corrected chi connectivity index (χ4v) is 1.95. The summed E-state index contributed by atoms with van der Waals surface area (Å²) in [5.74, 6) is -0.966. The SMILES string of the molecule is Cc1ccccc1NC(=O)C(=O)N1CCCC1. The molecule has 17 heavy (non-hydrogen) atoms. The molecule has 1 aromatic carbocycles. The molecule has 90 valence electrons. The van der Waals surface area contributed by atoms with Crippen LogP contribution in [0.5, 0.6) is 0 Å². The smallest absolute Gasteiger partial charge is 0.313 e. The number of hydrogen-bond acceptors (Lipinski definition) is 2. The Kier molecular flexibility index (Phi) is 3.42. The lowest BCUT2D eigenvalue weighted by Gasteiger charge is -2.15. The van der Waals surface area contributed by atoms with Gasteiger partial charge in [-0.05, 0) is 31.4 Å². The minimum Gasteiger partial charge on any atom is -0.334 e. The van der Waals surface area contributed by atoms with Crippen LogP contribution in [0.25, 0.3) is 0 Å². The maximum absolute atomic E-state index is 11.8. The number of carbonyl (C=O) groups excluding carboxylic acids is 2. The third-order valence-corrected chi connectivity index (χ3v) is 2.98. The zero-order valence-corrected chi connectivity index (χ0v) is 9.90. The summed E-state index contributed by atoms with van der Waals surface area (Å²) in [6, 6.07) is 7.43. The molecule has 0 bridgehead atoms. The molecule has 0 radical (unpaired) electrons. The van der Waals surface area contributed by atoms with E-state index in [1.807, 2.05) is 25.1 Å². The van der Waals surface area contributed by atoms with Crippen LogP contribution in [0.2, 0.25) is 0 Å². The molecular weight excluding hydrogens is 216 g/mol. The summed E-state index contributed by atoms with van der Waals surface area (Å²) in [4.78, 5) is 25.1. The molecule has 1 aliphatic heterocycles. The molecule has 2 amide bonds. The van der Waals surface area contributed by atoms with Crippen molar-refractivity contribution in [3.8, 4) is 0 Å². The first-order valence-corrected chi connectivity index (χ1v) is 5.84. The van der Waals surface area contributed by atoms with Crippen LogP contribution in [-0.2, 0) is 9.59 Å². The van der Waals surface area contributed by atoms with E-state index in [0.29, 0.717) is 18.8 Å². The number of para-hydroxylation sites is 1. The molecule has 0 spiro atoms. The van der Waals surface area contributed by atoms with E-state index < -0.39 is 11.8 Å². The number of hydrogen-bond donors (Lipinski definition) is 1. The largest absolute Gasteiger partial charge is 0.334 e. The molecule has 0 aliphatic carbocycles. The first-order valence-electron chi connectivity index (χ1n) is 5.84. The van der Waals surface area contributed by atoms with Crippen molar-refractivity contribution in [2.24, 2.45) is 0 Å². The quantitative estimate of drug-likeness (QED) is 0.747. The van der Waals surface area contributed by atoms with Crippen LogP contribution in [0.3, 0.4) is 0 Å². The van der Waals surface area contributed by atoms with Gasteiger partial charge < -0.3 is 10.2 Å². The third kappa shape index (κ3) is 2.64. The Morgan fingerprint density at radius 1 is 1.18 bits per heavy atom. The van der Waals surface area contributed by atoms with Crippen molar-refractivity contribution in [2.75, 3.05) is 18.4 Å². The molecule has 1 aliphatic rings. The maximum atomic E-state index is 11.8. The number of rotatable bonds is 1. The van der Waals surface area contributed by atoms with Crippen molar-refractivity contribution in [3.05, 3.63) is 29.8 Å². The maximum Gasteiger partial charge on any atom is 0.313 e. The van der Waals surface area contributed by atoms with Gasteiger partial charge in [0.05, 0.1) is 0 Å². The number of anilines is 1. The topological polar surface area (TPSA) is 49.4 Å². The molecule has 0 aromatic heterocycles. The molecule has 1 fully saturated rings. The first kappa shape index (κ1) is 11.6. The van der Waals surface area contributed by atoms with Crippen LogP contribution in [0.1, 0.15) is 18.4 Å². The summed E-state index contributed by atoms with van der Waals surface area (Å²) in [5, 5.41) is 2.66. The van der Waals surface area contributed by atoms with Crippen LogP contribution < -0.4 is 5.32 Å². The lowest BCUT2D eigenvalue weighted by atomic mass is 10.2. The van der Waals surface area contributed by atoms with E-state index in [2.05, 4.69) is 5.32 Å². The molecule has 2 rings (SSSR count). The third-order valence-electron chi connectivity index (χ3n) is 2.98. The van der Waals surface area contributed by atoms with E-state index in [1.165, 1.54) is 0 Å². The second kappa shape index (κ2) is 4.99. The lowest BCUT2D eigenvalue weighted by Crippen LogP contribution is -2.37. The van der Waals surface area contributed by atoms with Gasteiger partial charge in [0.1, 0.15) is 0 Å². The lowest BCUT2D eigenvalue weighted by molar-refractivity contribution is -0.142.